The lowest BCUT2D eigenvalue weighted by Crippen LogP contribution is -2.44. The number of nitrogens with zero attached hydrogens (tertiary/aromatic N) is 1. The normalized spacial score (nSPS) is 19.9. The number of carbonyl (C=O) groups is 2. The third-order valence-corrected chi connectivity index (χ3v) is 3.30. The van der Waals surface area contributed by atoms with Gasteiger partial charge < -0.3 is 9.88 Å². The molecular weight excluding hydrogens is 232 g/mol. The summed E-state index contributed by atoms with van der Waals surface area (Å²) in [5.41, 5.74) is -0.00678. The van der Waals surface area contributed by atoms with E-state index in [2.05, 4.69) is 4.98 Å². The second-order valence-electron chi connectivity index (χ2n) is 4.50. The Kier molecular flexibility index (Phi) is 3.60. The molecule has 0 aromatic carbocycles. The predicted molar refractivity (Wildman–Crippen MR) is 66.4 cm³/mol. The van der Waals surface area contributed by atoms with E-state index in [-0.39, 0.29) is 28.9 Å². The largest absolute Gasteiger partial charge is 0.336 e. The standard InChI is InChI=1S/C13H16N2O3/c1-2-9-8-15(7-6-11(9)16)13(18)10-4-3-5-12(17)14-10/h3-5,9H,2,6-8H2,1H3,(H,14,17). The van der Waals surface area contributed by atoms with Crippen molar-refractivity contribution < 1.29 is 9.59 Å². The van der Waals surface area contributed by atoms with Crippen molar-refractivity contribution in [2.75, 3.05) is 13.1 Å². The van der Waals surface area contributed by atoms with Crippen LogP contribution in [0.4, 0.5) is 0 Å². The molecule has 1 atom stereocenters. The fraction of sp³-hybridized carbons (Fsp3) is 0.462. The fourth-order valence-corrected chi connectivity index (χ4v) is 2.19. The summed E-state index contributed by atoms with van der Waals surface area (Å²) in [4.78, 5) is 39.1. The molecule has 1 fully saturated rings. The van der Waals surface area contributed by atoms with Crippen molar-refractivity contribution in [3.8, 4) is 0 Å². The average Bonchev–Trinajstić information content (AvgIpc) is 2.38. The lowest BCUT2D eigenvalue weighted by Gasteiger charge is -2.31. The third kappa shape index (κ3) is 2.50. The van der Waals surface area contributed by atoms with Crippen molar-refractivity contribution in [3.63, 3.8) is 0 Å². The number of nitrogens with one attached hydrogen (secondary N) is 1. The summed E-state index contributed by atoms with van der Waals surface area (Å²) < 4.78 is 0. The molecule has 0 aliphatic carbocycles. The monoisotopic (exact) mass is 248 g/mol. The van der Waals surface area contributed by atoms with Crippen LogP contribution in [0.3, 0.4) is 0 Å². The highest BCUT2D eigenvalue weighted by Crippen LogP contribution is 2.17. The highest BCUT2D eigenvalue weighted by atomic mass is 16.2. The minimum Gasteiger partial charge on any atom is -0.336 e. The maximum Gasteiger partial charge on any atom is 0.270 e. The van der Waals surface area contributed by atoms with Gasteiger partial charge in [-0.05, 0) is 12.5 Å². The second kappa shape index (κ2) is 5.16. The van der Waals surface area contributed by atoms with Crippen molar-refractivity contribution >= 4 is 11.7 Å². The summed E-state index contributed by atoms with van der Waals surface area (Å²) in [5, 5.41) is 0. The number of ketones is 1. The first-order valence-corrected chi connectivity index (χ1v) is 6.13. The number of hydrogen-bond donors (Lipinski definition) is 1. The summed E-state index contributed by atoms with van der Waals surface area (Å²) in [6, 6.07) is 4.50. The Morgan fingerprint density at radius 1 is 1.44 bits per heavy atom. The molecule has 1 aliphatic rings. The molecule has 96 valence electrons. The number of aromatic amines is 1. The van der Waals surface area contributed by atoms with Crippen LogP contribution in [0.1, 0.15) is 30.3 Å². The zero-order valence-corrected chi connectivity index (χ0v) is 10.3. The molecule has 0 bridgehead atoms. The van der Waals surface area contributed by atoms with Crippen LogP contribution in [0.15, 0.2) is 23.0 Å². The van der Waals surface area contributed by atoms with Crippen LogP contribution < -0.4 is 5.56 Å². The molecule has 5 heteroatoms. The van der Waals surface area contributed by atoms with Gasteiger partial charge in [-0.2, -0.15) is 0 Å². The zero-order chi connectivity index (χ0) is 13.1. The van der Waals surface area contributed by atoms with Crippen molar-refractivity contribution in [2.24, 2.45) is 5.92 Å². The summed E-state index contributed by atoms with van der Waals surface area (Å²) >= 11 is 0. The van der Waals surface area contributed by atoms with Crippen LogP contribution in [0.5, 0.6) is 0 Å². The van der Waals surface area contributed by atoms with Gasteiger partial charge in [0.15, 0.2) is 0 Å². The molecular formula is C13H16N2O3. The van der Waals surface area contributed by atoms with Gasteiger partial charge in [-0.15, -0.1) is 0 Å². The molecule has 2 heterocycles. The van der Waals surface area contributed by atoms with E-state index in [9.17, 15) is 14.4 Å². The van der Waals surface area contributed by atoms with Gasteiger partial charge in [0.25, 0.3) is 5.91 Å². The SMILES string of the molecule is CCC1CN(C(=O)c2cccc(=O)[nH]2)CCC1=O. The predicted octanol–water partition coefficient (Wildman–Crippen LogP) is 0.816. The smallest absolute Gasteiger partial charge is 0.270 e. The van der Waals surface area contributed by atoms with Crippen LogP contribution in [-0.2, 0) is 4.79 Å². The van der Waals surface area contributed by atoms with Crippen LogP contribution in [0, 0.1) is 5.92 Å². The summed E-state index contributed by atoms with van der Waals surface area (Å²) in [5.74, 6) is -0.0557. The number of carbonyl (C=O) groups excluding carboxylic acids is 2. The molecule has 18 heavy (non-hydrogen) atoms. The maximum absolute atomic E-state index is 12.2. The van der Waals surface area contributed by atoms with Crippen molar-refractivity contribution in [1.29, 1.82) is 0 Å². The van der Waals surface area contributed by atoms with Crippen LogP contribution in [-0.4, -0.2) is 34.7 Å². The number of pyridine rings is 1. The van der Waals surface area contributed by atoms with Gasteiger partial charge in [0.05, 0.1) is 0 Å². The second-order valence-corrected chi connectivity index (χ2v) is 4.50. The van der Waals surface area contributed by atoms with Gasteiger partial charge in [-0.3, -0.25) is 14.4 Å². The molecule has 0 saturated carbocycles. The molecule has 2 rings (SSSR count). The minimum atomic E-state index is -0.291. The Bertz CT molecular complexity index is 521. The molecule has 1 N–H and O–H groups in total. The number of hydrogen-bond acceptors (Lipinski definition) is 3. The fourth-order valence-electron chi connectivity index (χ4n) is 2.19. The van der Waals surface area contributed by atoms with Crippen LogP contribution >= 0.6 is 0 Å². The molecule has 0 radical (unpaired) electrons. The molecule has 5 nitrogen and oxygen atoms in total. The molecule has 1 saturated heterocycles. The Balaban J connectivity index is 2.15. The quantitative estimate of drug-likeness (QED) is 0.842. The molecule has 1 amide bonds. The topological polar surface area (TPSA) is 70.2 Å². The van der Waals surface area contributed by atoms with E-state index in [1.807, 2.05) is 6.92 Å². The van der Waals surface area contributed by atoms with E-state index in [1.165, 1.54) is 6.07 Å². The van der Waals surface area contributed by atoms with E-state index >= 15 is 0 Å². The Labute approximate surface area is 105 Å². The van der Waals surface area contributed by atoms with Gasteiger partial charge in [0.2, 0.25) is 5.56 Å². The molecule has 1 unspecified atom stereocenters. The van der Waals surface area contributed by atoms with Gasteiger partial charge in [-0.25, -0.2) is 0 Å². The molecule has 0 spiro atoms. The van der Waals surface area contributed by atoms with E-state index in [1.54, 1.807) is 17.0 Å². The first-order chi connectivity index (χ1) is 8.61. The average molecular weight is 248 g/mol. The summed E-state index contributed by atoms with van der Waals surface area (Å²) in [7, 11) is 0. The molecule has 1 aliphatic heterocycles. The number of amides is 1. The van der Waals surface area contributed by atoms with E-state index in [4.69, 9.17) is 0 Å². The lowest BCUT2D eigenvalue weighted by atomic mass is 9.94. The first-order valence-electron chi connectivity index (χ1n) is 6.13. The first kappa shape index (κ1) is 12.5. The van der Waals surface area contributed by atoms with Gasteiger partial charge in [-0.1, -0.05) is 13.0 Å². The number of H-pyrrole nitrogens is 1. The lowest BCUT2D eigenvalue weighted by molar-refractivity contribution is -0.125. The number of likely N-dealkylation sites (tertiary alicyclic amines) is 1. The number of piperidine rings is 1. The zero-order valence-electron chi connectivity index (χ0n) is 10.3. The number of Topliss-reactive ketones (excluding diaryl/α,β-unsaturated/α-hetero) is 1. The van der Waals surface area contributed by atoms with Gasteiger partial charge in [0.1, 0.15) is 11.5 Å². The van der Waals surface area contributed by atoms with Crippen LogP contribution in [0.2, 0.25) is 0 Å². The maximum atomic E-state index is 12.2. The van der Waals surface area contributed by atoms with Crippen molar-refractivity contribution in [1.82, 2.24) is 9.88 Å². The third-order valence-electron chi connectivity index (χ3n) is 3.30. The molecule has 1 aromatic rings. The highest BCUT2D eigenvalue weighted by Gasteiger charge is 2.29. The van der Waals surface area contributed by atoms with E-state index in [0.29, 0.717) is 19.5 Å². The Morgan fingerprint density at radius 3 is 2.89 bits per heavy atom. The summed E-state index contributed by atoms with van der Waals surface area (Å²) in [6.45, 7) is 2.83. The van der Waals surface area contributed by atoms with Crippen molar-refractivity contribution in [2.45, 2.75) is 19.8 Å². The van der Waals surface area contributed by atoms with E-state index in [0.717, 1.165) is 6.42 Å². The molecule has 1 aromatic heterocycles. The van der Waals surface area contributed by atoms with E-state index < -0.39 is 0 Å². The number of aromatic nitrogens is 1. The van der Waals surface area contributed by atoms with Crippen LogP contribution in [0.25, 0.3) is 0 Å². The Morgan fingerprint density at radius 2 is 2.22 bits per heavy atom. The van der Waals surface area contributed by atoms with Gasteiger partial charge >= 0.3 is 0 Å². The minimum absolute atomic E-state index is 0.0712. The van der Waals surface area contributed by atoms with Gasteiger partial charge in [0, 0.05) is 31.5 Å². The summed E-state index contributed by atoms with van der Waals surface area (Å²) in [6.07, 6.45) is 1.15. The number of rotatable bonds is 2. The highest BCUT2D eigenvalue weighted by molar-refractivity contribution is 5.94. The Hall–Kier alpha value is -1.91. The van der Waals surface area contributed by atoms with Crippen molar-refractivity contribution in [3.05, 3.63) is 34.2 Å².